The van der Waals surface area contributed by atoms with Gasteiger partial charge in [-0.2, -0.15) is 0 Å². The molecule has 0 spiro atoms. The number of nitrogens with two attached hydrogens (primary N) is 1. The number of allylic oxidation sites excluding steroid dienone is 1. The molecule has 0 bridgehead atoms. The Bertz CT molecular complexity index is 784. The van der Waals surface area contributed by atoms with Crippen molar-refractivity contribution in [2.45, 2.75) is 12.8 Å². The summed E-state index contributed by atoms with van der Waals surface area (Å²) < 4.78 is 27.2. The van der Waals surface area contributed by atoms with E-state index in [2.05, 4.69) is 5.43 Å². The zero-order valence-corrected chi connectivity index (χ0v) is 11.7. The van der Waals surface area contributed by atoms with Crippen LogP contribution in [0.2, 0.25) is 0 Å². The first-order valence-corrected chi connectivity index (χ1v) is 6.90. The van der Waals surface area contributed by atoms with Crippen molar-refractivity contribution >= 4 is 11.5 Å². The number of hydrazine groups is 1. The SMILES string of the molecule is NNC(=O)c1ccc2c(c1)C(c1ccc(F)cc1F)=CCC2. The maximum Gasteiger partial charge on any atom is 0.265 e. The van der Waals surface area contributed by atoms with E-state index in [-0.39, 0.29) is 0 Å². The second-order valence-electron chi connectivity index (χ2n) is 5.13. The van der Waals surface area contributed by atoms with E-state index in [9.17, 15) is 13.6 Å². The number of nitrogens with one attached hydrogen (secondary N) is 1. The number of hydrogen-bond acceptors (Lipinski definition) is 2. The summed E-state index contributed by atoms with van der Waals surface area (Å²) in [6.45, 7) is 0. The molecular formula is C17H14F2N2O. The van der Waals surface area contributed by atoms with Crippen LogP contribution < -0.4 is 11.3 Å². The van der Waals surface area contributed by atoms with Gasteiger partial charge in [-0.25, -0.2) is 14.6 Å². The highest BCUT2D eigenvalue weighted by Crippen LogP contribution is 2.33. The van der Waals surface area contributed by atoms with Crippen LogP contribution in [0.4, 0.5) is 8.78 Å². The van der Waals surface area contributed by atoms with Gasteiger partial charge in [0.25, 0.3) is 5.91 Å². The molecule has 3 nitrogen and oxygen atoms in total. The van der Waals surface area contributed by atoms with Gasteiger partial charge in [0.15, 0.2) is 0 Å². The molecule has 0 aliphatic heterocycles. The largest absolute Gasteiger partial charge is 0.290 e. The van der Waals surface area contributed by atoms with Gasteiger partial charge in [0.05, 0.1) is 0 Å². The molecule has 0 fully saturated rings. The van der Waals surface area contributed by atoms with Crippen molar-refractivity contribution in [2.24, 2.45) is 5.84 Å². The summed E-state index contributed by atoms with van der Waals surface area (Å²) in [7, 11) is 0. The predicted octanol–water partition coefficient (Wildman–Crippen LogP) is 2.95. The van der Waals surface area contributed by atoms with Gasteiger partial charge in [-0.3, -0.25) is 10.2 Å². The first-order chi connectivity index (χ1) is 10.6. The second kappa shape index (κ2) is 5.69. The highest BCUT2D eigenvalue weighted by molar-refractivity contribution is 5.96. The molecule has 112 valence electrons. The first kappa shape index (κ1) is 14.4. The van der Waals surface area contributed by atoms with Gasteiger partial charge in [-0.05, 0) is 53.8 Å². The molecule has 0 unspecified atom stereocenters. The molecular weight excluding hydrogens is 286 g/mol. The lowest BCUT2D eigenvalue weighted by atomic mass is 9.85. The molecule has 22 heavy (non-hydrogen) atoms. The Labute approximate surface area is 126 Å². The molecule has 0 saturated heterocycles. The highest BCUT2D eigenvalue weighted by Gasteiger charge is 2.19. The fourth-order valence-corrected chi connectivity index (χ4v) is 2.71. The molecule has 3 rings (SSSR count). The van der Waals surface area contributed by atoms with Crippen molar-refractivity contribution in [3.8, 4) is 0 Å². The number of hydrogen-bond donors (Lipinski definition) is 2. The number of amides is 1. The smallest absolute Gasteiger partial charge is 0.265 e. The van der Waals surface area contributed by atoms with E-state index in [4.69, 9.17) is 5.84 Å². The molecule has 0 atom stereocenters. The average Bonchev–Trinajstić information content (AvgIpc) is 2.53. The number of aryl methyl sites for hydroxylation is 1. The Morgan fingerprint density at radius 1 is 1.09 bits per heavy atom. The Hall–Kier alpha value is -2.53. The molecule has 1 aliphatic rings. The van der Waals surface area contributed by atoms with Crippen LogP contribution in [-0.2, 0) is 6.42 Å². The monoisotopic (exact) mass is 300 g/mol. The summed E-state index contributed by atoms with van der Waals surface area (Å²) >= 11 is 0. The summed E-state index contributed by atoms with van der Waals surface area (Å²) in [5.41, 5.74) is 5.28. The molecule has 5 heteroatoms. The third kappa shape index (κ3) is 2.51. The number of rotatable bonds is 2. The van der Waals surface area contributed by atoms with E-state index in [1.54, 1.807) is 12.1 Å². The minimum absolute atomic E-state index is 0.327. The lowest BCUT2D eigenvalue weighted by molar-refractivity contribution is 0.0953. The van der Waals surface area contributed by atoms with Crippen molar-refractivity contribution in [1.82, 2.24) is 5.43 Å². The van der Waals surface area contributed by atoms with Gasteiger partial charge in [0.2, 0.25) is 0 Å². The molecule has 0 radical (unpaired) electrons. The topological polar surface area (TPSA) is 55.1 Å². The van der Waals surface area contributed by atoms with E-state index >= 15 is 0 Å². The maximum absolute atomic E-state index is 14.1. The van der Waals surface area contributed by atoms with Crippen molar-refractivity contribution in [2.75, 3.05) is 0 Å². The number of nitrogen functional groups attached to an aromatic ring is 1. The Morgan fingerprint density at radius 3 is 2.64 bits per heavy atom. The minimum Gasteiger partial charge on any atom is -0.290 e. The van der Waals surface area contributed by atoms with Crippen molar-refractivity contribution < 1.29 is 13.6 Å². The van der Waals surface area contributed by atoms with E-state index in [1.807, 2.05) is 12.1 Å². The predicted molar refractivity (Wildman–Crippen MR) is 79.9 cm³/mol. The summed E-state index contributed by atoms with van der Waals surface area (Å²) in [6.07, 6.45) is 3.48. The van der Waals surface area contributed by atoms with Crippen LogP contribution in [0.25, 0.3) is 5.57 Å². The van der Waals surface area contributed by atoms with Gasteiger partial charge in [0, 0.05) is 17.2 Å². The van der Waals surface area contributed by atoms with Gasteiger partial charge in [-0.15, -0.1) is 0 Å². The van der Waals surface area contributed by atoms with Crippen LogP contribution in [0.1, 0.15) is 33.5 Å². The number of fused-ring (bicyclic) bond motifs is 1. The molecule has 1 amide bonds. The molecule has 3 N–H and O–H groups in total. The van der Waals surface area contributed by atoms with E-state index in [0.29, 0.717) is 16.7 Å². The Balaban J connectivity index is 2.12. The fraction of sp³-hybridized carbons (Fsp3) is 0.118. The lowest BCUT2D eigenvalue weighted by Crippen LogP contribution is -2.30. The molecule has 2 aromatic carbocycles. The minimum atomic E-state index is -0.618. The quantitative estimate of drug-likeness (QED) is 0.509. The van der Waals surface area contributed by atoms with Crippen LogP contribution in [-0.4, -0.2) is 5.91 Å². The summed E-state index contributed by atoms with van der Waals surface area (Å²) in [4.78, 5) is 11.7. The van der Waals surface area contributed by atoms with E-state index in [1.165, 1.54) is 12.1 Å². The zero-order chi connectivity index (χ0) is 15.7. The summed E-state index contributed by atoms with van der Waals surface area (Å²) in [6, 6.07) is 8.72. The van der Waals surface area contributed by atoms with Crippen LogP contribution in [0.15, 0.2) is 42.5 Å². The fourth-order valence-electron chi connectivity index (χ4n) is 2.71. The summed E-state index contributed by atoms with van der Waals surface area (Å²) in [5.74, 6) is 3.51. The maximum atomic E-state index is 14.1. The van der Waals surface area contributed by atoms with Crippen molar-refractivity contribution in [3.05, 3.63) is 76.4 Å². The van der Waals surface area contributed by atoms with E-state index < -0.39 is 17.5 Å². The number of halogens is 2. The van der Waals surface area contributed by atoms with E-state index in [0.717, 1.165) is 30.0 Å². The lowest BCUT2D eigenvalue weighted by Gasteiger charge is -2.19. The number of benzene rings is 2. The zero-order valence-electron chi connectivity index (χ0n) is 11.7. The Kier molecular flexibility index (Phi) is 3.73. The van der Waals surface area contributed by atoms with Crippen LogP contribution in [0.3, 0.4) is 0 Å². The Morgan fingerprint density at radius 2 is 1.91 bits per heavy atom. The van der Waals surface area contributed by atoms with Crippen molar-refractivity contribution in [3.63, 3.8) is 0 Å². The molecule has 0 heterocycles. The molecule has 0 saturated carbocycles. The average molecular weight is 300 g/mol. The molecule has 2 aromatic rings. The van der Waals surface area contributed by atoms with Crippen LogP contribution in [0.5, 0.6) is 0 Å². The third-order valence-corrected chi connectivity index (χ3v) is 3.78. The van der Waals surface area contributed by atoms with Gasteiger partial charge >= 0.3 is 0 Å². The first-order valence-electron chi connectivity index (χ1n) is 6.90. The molecule has 0 aromatic heterocycles. The number of carbonyl (C=O) groups excluding carboxylic acids is 1. The standard InChI is InChI=1S/C17H14F2N2O/c18-12-6-7-14(16(19)9-12)13-3-1-2-10-4-5-11(8-15(10)13)17(22)21-20/h3-9H,1-2,20H2,(H,21,22). The second-order valence-corrected chi connectivity index (χ2v) is 5.13. The van der Waals surface area contributed by atoms with Gasteiger partial charge in [-0.1, -0.05) is 12.1 Å². The van der Waals surface area contributed by atoms with Crippen molar-refractivity contribution in [1.29, 1.82) is 0 Å². The van der Waals surface area contributed by atoms with Crippen LogP contribution in [0, 0.1) is 11.6 Å². The normalized spacial score (nSPS) is 13.3. The van der Waals surface area contributed by atoms with Gasteiger partial charge in [0.1, 0.15) is 11.6 Å². The highest BCUT2D eigenvalue weighted by atomic mass is 19.1. The number of carbonyl (C=O) groups is 1. The van der Waals surface area contributed by atoms with Gasteiger partial charge < -0.3 is 0 Å². The third-order valence-electron chi connectivity index (χ3n) is 3.78. The van der Waals surface area contributed by atoms with Crippen LogP contribution >= 0.6 is 0 Å². The summed E-state index contributed by atoms with van der Waals surface area (Å²) in [5, 5.41) is 0. The molecule has 1 aliphatic carbocycles.